The first kappa shape index (κ1) is 31.7. The van der Waals surface area contributed by atoms with Gasteiger partial charge in [-0.1, -0.05) is 196 Å². The third-order valence-electron chi connectivity index (χ3n) is 12.2. The van der Waals surface area contributed by atoms with Crippen molar-refractivity contribution in [3.8, 4) is 55.6 Å². The second-order valence-corrected chi connectivity index (χ2v) is 15.6. The molecule has 0 saturated heterocycles. The van der Waals surface area contributed by atoms with Gasteiger partial charge in [0.25, 0.3) is 0 Å². The van der Waals surface area contributed by atoms with E-state index < -0.39 is 0 Å². The Hall–Kier alpha value is -6.76. The molecule has 0 amide bonds. The first-order valence-corrected chi connectivity index (χ1v) is 19.3. The fourth-order valence-corrected chi connectivity index (χ4v) is 9.67. The molecule has 0 saturated carbocycles. The van der Waals surface area contributed by atoms with Crippen LogP contribution in [-0.4, -0.2) is 0 Å². The van der Waals surface area contributed by atoms with Crippen molar-refractivity contribution in [1.29, 1.82) is 0 Å². The fourth-order valence-electron chi connectivity index (χ4n) is 9.67. The molecule has 0 atom stereocenters. The molecule has 10 aromatic carbocycles. The quantitative estimate of drug-likeness (QED) is 0.161. The van der Waals surface area contributed by atoms with E-state index in [0.29, 0.717) is 0 Å². The highest BCUT2D eigenvalue weighted by Gasteiger charge is 2.37. The first-order valence-electron chi connectivity index (χ1n) is 19.3. The van der Waals surface area contributed by atoms with E-state index in [4.69, 9.17) is 0 Å². The van der Waals surface area contributed by atoms with Gasteiger partial charge in [0.15, 0.2) is 0 Å². The van der Waals surface area contributed by atoms with Gasteiger partial charge in [-0.05, 0) is 122 Å². The molecule has 0 heterocycles. The fraction of sp³-hybridized carbons (Fsp3) is 0.0545. The molecular weight excluding hydrogens is 661 g/mol. The van der Waals surface area contributed by atoms with Crippen molar-refractivity contribution in [2.45, 2.75) is 19.3 Å². The van der Waals surface area contributed by atoms with Crippen LogP contribution in [0, 0.1) is 0 Å². The number of fused-ring (bicyclic) bond motifs is 7. The lowest BCUT2D eigenvalue weighted by Gasteiger charge is -2.25. The lowest BCUT2D eigenvalue weighted by Crippen LogP contribution is -2.16. The SMILES string of the molecule is CC1(C)c2cc3ccccc3cc2-c2cccc(-c3ccc(-c4c5ccccc5c(-c5ccc(-c6cccc7ccccc67)cc5)c5ccccc45)cc3)c21. The maximum Gasteiger partial charge on any atom is 0.0165 e. The second-order valence-electron chi connectivity index (χ2n) is 15.6. The summed E-state index contributed by atoms with van der Waals surface area (Å²) in [6.07, 6.45) is 0. The van der Waals surface area contributed by atoms with Crippen LogP contribution in [0.15, 0.2) is 194 Å². The van der Waals surface area contributed by atoms with Crippen LogP contribution in [-0.2, 0) is 5.41 Å². The van der Waals surface area contributed by atoms with Gasteiger partial charge >= 0.3 is 0 Å². The monoisotopic (exact) mass is 698 g/mol. The Balaban J connectivity index is 1.03. The van der Waals surface area contributed by atoms with Crippen molar-refractivity contribution < 1.29 is 0 Å². The minimum Gasteiger partial charge on any atom is -0.0616 e. The van der Waals surface area contributed by atoms with Crippen LogP contribution in [0.1, 0.15) is 25.0 Å². The lowest BCUT2D eigenvalue weighted by atomic mass is 9.78. The average molecular weight is 699 g/mol. The van der Waals surface area contributed by atoms with Crippen LogP contribution in [0.5, 0.6) is 0 Å². The number of benzene rings is 10. The maximum atomic E-state index is 2.41. The molecule has 0 radical (unpaired) electrons. The molecular formula is C55H38. The van der Waals surface area contributed by atoms with E-state index in [2.05, 4.69) is 208 Å². The highest BCUT2D eigenvalue weighted by atomic mass is 14.4. The summed E-state index contributed by atoms with van der Waals surface area (Å²) in [4.78, 5) is 0. The Kier molecular flexibility index (Phi) is 7.00. The summed E-state index contributed by atoms with van der Waals surface area (Å²) in [6, 6.07) is 72.1. The number of hydrogen-bond acceptors (Lipinski definition) is 0. The number of hydrogen-bond donors (Lipinski definition) is 0. The molecule has 0 aromatic heterocycles. The molecule has 0 fully saturated rings. The molecule has 0 nitrogen and oxygen atoms in total. The predicted octanol–water partition coefficient (Wildman–Crippen LogP) is 15.3. The van der Waals surface area contributed by atoms with E-state index in [-0.39, 0.29) is 5.41 Å². The van der Waals surface area contributed by atoms with Crippen LogP contribution < -0.4 is 0 Å². The summed E-state index contributed by atoms with van der Waals surface area (Å²) < 4.78 is 0. The van der Waals surface area contributed by atoms with E-state index in [0.717, 1.165) is 0 Å². The van der Waals surface area contributed by atoms with Crippen molar-refractivity contribution in [1.82, 2.24) is 0 Å². The minimum absolute atomic E-state index is 0.112. The Morgan fingerprint density at radius 1 is 0.291 bits per heavy atom. The minimum atomic E-state index is -0.112. The third kappa shape index (κ3) is 4.85. The maximum absolute atomic E-state index is 2.41. The topological polar surface area (TPSA) is 0 Å². The summed E-state index contributed by atoms with van der Waals surface area (Å²) >= 11 is 0. The molecule has 258 valence electrons. The normalized spacial score (nSPS) is 13.1. The van der Waals surface area contributed by atoms with Crippen molar-refractivity contribution in [3.63, 3.8) is 0 Å². The van der Waals surface area contributed by atoms with Gasteiger partial charge < -0.3 is 0 Å². The standard InChI is InChI=1S/C55H38/c1-55(2)51-34-41-15-4-3-14-40(41)33-50(51)49-24-12-23-44(54(49)55)37-27-31-39(32-28-37)53-47-20-9-7-18-45(47)52(46-19-8-10-21-48(46)53)38-29-25-36(26-30-38)43-22-11-16-35-13-5-6-17-42(35)43/h3-34H,1-2H3. The zero-order valence-corrected chi connectivity index (χ0v) is 31.0. The van der Waals surface area contributed by atoms with Crippen molar-refractivity contribution in [3.05, 3.63) is 205 Å². The third-order valence-corrected chi connectivity index (χ3v) is 12.2. The van der Waals surface area contributed by atoms with E-state index in [1.54, 1.807) is 0 Å². The zero-order chi connectivity index (χ0) is 36.7. The molecule has 0 unspecified atom stereocenters. The largest absolute Gasteiger partial charge is 0.0616 e. The summed E-state index contributed by atoms with van der Waals surface area (Å²) in [5.74, 6) is 0. The molecule has 0 bridgehead atoms. The van der Waals surface area contributed by atoms with Gasteiger partial charge in [0.1, 0.15) is 0 Å². The van der Waals surface area contributed by atoms with E-state index in [9.17, 15) is 0 Å². The molecule has 1 aliphatic carbocycles. The number of rotatable bonds is 4. The summed E-state index contributed by atoms with van der Waals surface area (Å²) in [6.45, 7) is 4.78. The summed E-state index contributed by atoms with van der Waals surface area (Å²) in [5.41, 5.74) is 15.5. The molecule has 0 heteroatoms. The Morgan fingerprint density at radius 2 is 0.691 bits per heavy atom. The van der Waals surface area contributed by atoms with E-state index in [1.165, 1.54) is 110 Å². The second kappa shape index (κ2) is 12.1. The van der Waals surface area contributed by atoms with Crippen LogP contribution in [0.25, 0.3) is 98.7 Å². The Bertz CT molecular complexity index is 3080. The molecule has 0 aliphatic heterocycles. The molecule has 10 aromatic rings. The van der Waals surface area contributed by atoms with Crippen molar-refractivity contribution >= 4 is 43.1 Å². The van der Waals surface area contributed by atoms with Gasteiger partial charge in [-0.3, -0.25) is 0 Å². The van der Waals surface area contributed by atoms with Gasteiger partial charge in [-0.15, -0.1) is 0 Å². The first-order chi connectivity index (χ1) is 27.0. The van der Waals surface area contributed by atoms with Gasteiger partial charge in [0, 0.05) is 5.41 Å². The van der Waals surface area contributed by atoms with Crippen molar-refractivity contribution in [2.75, 3.05) is 0 Å². The highest BCUT2D eigenvalue weighted by molar-refractivity contribution is 6.21. The highest BCUT2D eigenvalue weighted by Crippen LogP contribution is 2.53. The molecule has 1 aliphatic rings. The Morgan fingerprint density at radius 3 is 1.27 bits per heavy atom. The van der Waals surface area contributed by atoms with Gasteiger partial charge in [0.2, 0.25) is 0 Å². The van der Waals surface area contributed by atoms with Crippen LogP contribution in [0.3, 0.4) is 0 Å². The zero-order valence-electron chi connectivity index (χ0n) is 31.0. The smallest absolute Gasteiger partial charge is 0.0165 e. The van der Waals surface area contributed by atoms with Crippen molar-refractivity contribution in [2.24, 2.45) is 0 Å². The van der Waals surface area contributed by atoms with Crippen LogP contribution in [0.2, 0.25) is 0 Å². The van der Waals surface area contributed by atoms with Gasteiger partial charge in [0.05, 0.1) is 0 Å². The molecule has 0 spiro atoms. The molecule has 11 rings (SSSR count). The van der Waals surface area contributed by atoms with Gasteiger partial charge in [-0.2, -0.15) is 0 Å². The average Bonchev–Trinajstić information content (AvgIpc) is 3.47. The van der Waals surface area contributed by atoms with Crippen LogP contribution >= 0.6 is 0 Å². The van der Waals surface area contributed by atoms with E-state index >= 15 is 0 Å². The Labute approximate surface area is 322 Å². The molecule has 0 N–H and O–H groups in total. The summed E-state index contributed by atoms with van der Waals surface area (Å²) in [5, 5.41) is 10.2. The summed E-state index contributed by atoms with van der Waals surface area (Å²) in [7, 11) is 0. The van der Waals surface area contributed by atoms with E-state index in [1.807, 2.05) is 0 Å². The van der Waals surface area contributed by atoms with Gasteiger partial charge in [-0.25, -0.2) is 0 Å². The molecule has 55 heavy (non-hydrogen) atoms. The predicted molar refractivity (Wildman–Crippen MR) is 236 cm³/mol. The van der Waals surface area contributed by atoms with Crippen LogP contribution in [0.4, 0.5) is 0 Å². The lowest BCUT2D eigenvalue weighted by molar-refractivity contribution is 0.663.